The second-order valence-electron chi connectivity index (χ2n) is 8.67. The monoisotopic (exact) mass is 418 g/mol. The predicted octanol–water partition coefficient (Wildman–Crippen LogP) is 5.17. The highest BCUT2D eigenvalue weighted by atomic mass is 19.1. The molecule has 0 radical (unpaired) electrons. The van der Waals surface area contributed by atoms with Crippen LogP contribution >= 0.6 is 0 Å². The van der Waals surface area contributed by atoms with Crippen LogP contribution in [0.3, 0.4) is 0 Å². The fraction of sp³-hybridized carbons (Fsp3) is 0.385. The van der Waals surface area contributed by atoms with Crippen LogP contribution in [0.5, 0.6) is 0 Å². The van der Waals surface area contributed by atoms with E-state index in [4.69, 9.17) is 9.72 Å². The van der Waals surface area contributed by atoms with E-state index in [1.165, 1.54) is 11.1 Å². The van der Waals surface area contributed by atoms with Gasteiger partial charge in [-0.2, -0.15) is 0 Å². The summed E-state index contributed by atoms with van der Waals surface area (Å²) in [5, 5.41) is 1.14. The molecule has 5 rings (SSSR count). The Morgan fingerprint density at radius 3 is 2.81 bits per heavy atom. The van der Waals surface area contributed by atoms with E-state index in [2.05, 4.69) is 18.4 Å². The van der Waals surface area contributed by atoms with Crippen LogP contribution in [0.15, 0.2) is 35.6 Å². The number of hydrogen-bond acceptors (Lipinski definition) is 4. The molecule has 1 aliphatic carbocycles. The number of fused-ring (bicyclic) bond motifs is 4. The van der Waals surface area contributed by atoms with E-state index in [0.717, 1.165) is 88.7 Å². The standard InChI is InChI=1S/C26H27FN2O2/c1-5-7-17-15(3)29-12-20-18-9-6-8-16-14(2)21(27)11-22(25(16)18)28-26(20)23(29)10-19(17)24(13-30)31-4/h10-11,13,24H,3,5-9,12H2,1-2,4H3. The first-order chi connectivity index (χ1) is 15.0. The van der Waals surface area contributed by atoms with Crippen LogP contribution < -0.4 is 0 Å². The Morgan fingerprint density at radius 2 is 2.10 bits per heavy atom. The molecule has 0 saturated carbocycles. The summed E-state index contributed by atoms with van der Waals surface area (Å²) in [6.45, 7) is 9.10. The average Bonchev–Trinajstić information content (AvgIpc) is 3.14. The summed E-state index contributed by atoms with van der Waals surface area (Å²) in [5.74, 6) is -0.189. The first kappa shape index (κ1) is 20.1. The summed E-state index contributed by atoms with van der Waals surface area (Å²) in [7, 11) is 1.55. The number of aryl methyl sites for hydroxylation is 2. The summed E-state index contributed by atoms with van der Waals surface area (Å²) < 4.78 is 20.1. The van der Waals surface area contributed by atoms with E-state index in [0.29, 0.717) is 6.54 Å². The van der Waals surface area contributed by atoms with Crippen molar-refractivity contribution in [2.45, 2.75) is 58.6 Å². The fourth-order valence-electron chi connectivity index (χ4n) is 5.48. The summed E-state index contributed by atoms with van der Waals surface area (Å²) in [6, 6.07) is 1.58. The largest absolute Gasteiger partial charge is 0.369 e. The van der Waals surface area contributed by atoms with Gasteiger partial charge in [-0.15, -0.1) is 0 Å². The molecular formula is C26H27FN2O2. The number of benzene rings is 1. The van der Waals surface area contributed by atoms with E-state index in [9.17, 15) is 9.18 Å². The number of halogens is 1. The van der Waals surface area contributed by atoms with Gasteiger partial charge in [-0.3, -0.25) is 0 Å². The Labute approximate surface area is 182 Å². The van der Waals surface area contributed by atoms with Crippen LogP contribution in [0.4, 0.5) is 4.39 Å². The van der Waals surface area contributed by atoms with E-state index in [1.807, 2.05) is 13.0 Å². The van der Waals surface area contributed by atoms with Crippen molar-refractivity contribution < 1.29 is 13.9 Å². The number of hydrogen-bond donors (Lipinski definition) is 0. The summed E-state index contributed by atoms with van der Waals surface area (Å²) in [4.78, 5) is 18.9. The molecule has 1 atom stereocenters. The highest BCUT2D eigenvalue weighted by Gasteiger charge is 2.37. The van der Waals surface area contributed by atoms with Crippen molar-refractivity contribution in [2.24, 2.45) is 0 Å². The molecule has 0 spiro atoms. The van der Waals surface area contributed by atoms with Gasteiger partial charge in [0.15, 0.2) is 6.29 Å². The highest BCUT2D eigenvalue weighted by Crippen LogP contribution is 2.47. The molecule has 1 unspecified atom stereocenters. The number of carbonyl (C=O) groups is 1. The van der Waals surface area contributed by atoms with Crippen LogP contribution in [0.25, 0.3) is 16.6 Å². The molecule has 2 aliphatic heterocycles. The number of rotatable bonds is 5. The summed E-state index contributed by atoms with van der Waals surface area (Å²) >= 11 is 0. The van der Waals surface area contributed by atoms with Gasteiger partial charge in [0.25, 0.3) is 0 Å². The third-order valence-electron chi connectivity index (χ3n) is 7.02. The van der Waals surface area contributed by atoms with Crippen molar-refractivity contribution in [3.63, 3.8) is 0 Å². The third kappa shape index (κ3) is 2.83. The molecule has 1 aromatic carbocycles. The summed E-state index contributed by atoms with van der Waals surface area (Å²) in [5.41, 5.74) is 9.74. The van der Waals surface area contributed by atoms with Gasteiger partial charge >= 0.3 is 0 Å². The molecule has 0 fully saturated rings. The molecule has 0 amide bonds. The molecule has 0 N–H and O–H groups in total. The van der Waals surface area contributed by atoms with Crippen molar-refractivity contribution in [2.75, 3.05) is 7.11 Å². The fourth-order valence-corrected chi connectivity index (χ4v) is 5.48. The van der Waals surface area contributed by atoms with Crippen molar-refractivity contribution in [1.29, 1.82) is 0 Å². The SMILES string of the molecule is C=C1C(CCC)=C(C(C=O)OC)C=C2c3nc4cc(F)c(C)c5c4c(c3CN12)CCC5. The minimum atomic E-state index is -0.637. The quantitative estimate of drug-likeness (QED) is 0.629. The zero-order chi connectivity index (χ0) is 21.9. The van der Waals surface area contributed by atoms with Crippen LogP contribution in [-0.2, 0) is 28.9 Å². The molecule has 5 heteroatoms. The molecule has 0 saturated heterocycles. The van der Waals surface area contributed by atoms with Gasteiger partial charge in [0.1, 0.15) is 11.9 Å². The molecule has 31 heavy (non-hydrogen) atoms. The predicted molar refractivity (Wildman–Crippen MR) is 120 cm³/mol. The first-order valence-electron chi connectivity index (χ1n) is 11.0. The van der Waals surface area contributed by atoms with Gasteiger partial charge < -0.3 is 14.4 Å². The van der Waals surface area contributed by atoms with Crippen LogP contribution in [0.1, 0.15) is 54.1 Å². The van der Waals surface area contributed by atoms with Crippen LogP contribution in [-0.4, -0.2) is 29.4 Å². The van der Waals surface area contributed by atoms with E-state index in [-0.39, 0.29) is 5.82 Å². The van der Waals surface area contributed by atoms with Crippen molar-refractivity contribution in [3.8, 4) is 0 Å². The molecule has 3 heterocycles. The lowest BCUT2D eigenvalue weighted by Crippen LogP contribution is -2.26. The zero-order valence-electron chi connectivity index (χ0n) is 18.3. The number of pyridine rings is 1. The van der Waals surface area contributed by atoms with Gasteiger partial charge in [0, 0.05) is 29.8 Å². The number of aldehydes is 1. The van der Waals surface area contributed by atoms with Gasteiger partial charge in [-0.05, 0) is 66.5 Å². The maximum absolute atomic E-state index is 14.7. The number of methoxy groups -OCH3 is 1. The minimum absolute atomic E-state index is 0.189. The lowest BCUT2D eigenvalue weighted by Gasteiger charge is -2.31. The second kappa shape index (κ2) is 7.41. The molecule has 0 bridgehead atoms. The topological polar surface area (TPSA) is 42.4 Å². The van der Waals surface area contributed by atoms with E-state index < -0.39 is 6.10 Å². The van der Waals surface area contributed by atoms with Crippen LogP contribution in [0.2, 0.25) is 0 Å². The van der Waals surface area contributed by atoms with Crippen LogP contribution in [0, 0.1) is 12.7 Å². The van der Waals surface area contributed by atoms with Crippen molar-refractivity contribution in [3.05, 3.63) is 69.3 Å². The molecule has 160 valence electrons. The van der Waals surface area contributed by atoms with E-state index in [1.54, 1.807) is 13.2 Å². The van der Waals surface area contributed by atoms with Crippen molar-refractivity contribution in [1.82, 2.24) is 9.88 Å². The molecule has 2 aromatic rings. The maximum Gasteiger partial charge on any atom is 0.153 e. The Balaban J connectivity index is 1.76. The van der Waals surface area contributed by atoms with E-state index >= 15 is 0 Å². The van der Waals surface area contributed by atoms with Gasteiger partial charge in [0.2, 0.25) is 0 Å². The number of ether oxygens (including phenoxy) is 1. The highest BCUT2D eigenvalue weighted by molar-refractivity contribution is 5.92. The number of nitrogens with zero attached hydrogens (tertiary/aromatic N) is 2. The number of allylic oxidation sites excluding steroid dienone is 1. The Bertz CT molecular complexity index is 1210. The Kier molecular flexibility index (Phi) is 4.82. The van der Waals surface area contributed by atoms with Gasteiger partial charge in [-0.25, -0.2) is 9.37 Å². The third-order valence-corrected chi connectivity index (χ3v) is 7.02. The molecule has 4 nitrogen and oxygen atoms in total. The smallest absolute Gasteiger partial charge is 0.153 e. The van der Waals surface area contributed by atoms with Gasteiger partial charge in [-0.1, -0.05) is 19.9 Å². The van der Waals surface area contributed by atoms with Crippen molar-refractivity contribution >= 4 is 22.9 Å². The second-order valence-corrected chi connectivity index (χ2v) is 8.67. The number of aromatic nitrogens is 1. The lowest BCUT2D eigenvalue weighted by molar-refractivity contribution is -0.114. The Hall–Kier alpha value is -2.79. The molecular weight excluding hydrogens is 391 g/mol. The zero-order valence-corrected chi connectivity index (χ0v) is 18.3. The number of carbonyl (C=O) groups excluding carboxylic acids is 1. The molecule has 1 aromatic heterocycles. The minimum Gasteiger partial charge on any atom is -0.369 e. The lowest BCUT2D eigenvalue weighted by atomic mass is 9.85. The summed E-state index contributed by atoms with van der Waals surface area (Å²) in [6.07, 6.45) is 6.91. The maximum atomic E-state index is 14.7. The average molecular weight is 419 g/mol. The van der Waals surface area contributed by atoms with Gasteiger partial charge in [0.05, 0.1) is 23.5 Å². The Morgan fingerprint density at radius 1 is 1.32 bits per heavy atom. The normalized spacial score (nSPS) is 18.3. The first-order valence-corrected chi connectivity index (χ1v) is 11.0. The molecule has 3 aliphatic rings.